The lowest BCUT2D eigenvalue weighted by atomic mass is 9.74. The number of halogens is 1. The maximum absolute atomic E-state index is 14.7. The lowest BCUT2D eigenvalue weighted by molar-refractivity contribution is 0.121. The first-order valence-electron chi connectivity index (χ1n) is 11.4. The van der Waals surface area contributed by atoms with Gasteiger partial charge in [0.2, 0.25) is 5.95 Å². The van der Waals surface area contributed by atoms with E-state index in [1.54, 1.807) is 6.20 Å². The molecule has 3 aliphatic heterocycles. The molecule has 6 rings (SSSR count). The van der Waals surface area contributed by atoms with Crippen molar-refractivity contribution in [2.75, 3.05) is 36.4 Å². The van der Waals surface area contributed by atoms with Crippen LogP contribution in [0.1, 0.15) is 37.8 Å². The van der Waals surface area contributed by atoms with Crippen molar-refractivity contribution in [2.24, 2.45) is 5.41 Å². The zero-order chi connectivity index (χ0) is 21.7. The molecule has 6 heterocycles. The van der Waals surface area contributed by atoms with Crippen LogP contribution in [0.3, 0.4) is 0 Å². The number of fused-ring (bicyclic) bond motifs is 1. The Bertz CT molecular complexity index is 1130. The van der Waals surface area contributed by atoms with Gasteiger partial charge in [0, 0.05) is 43.7 Å². The van der Waals surface area contributed by atoms with E-state index in [1.807, 2.05) is 16.9 Å². The highest BCUT2D eigenvalue weighted by molar-refractivity contribution is 5.65. The fourth-order valence-electron chi connectivity index (χ4n) is 5.15. The second kappa shape index (κ2) is 7.51. The fourth-order valence-corrected chi connectivity index (χ4v) is 5.15. The largest absolute Gasteiger partial charge is 0.369 e. The van der Waals surface area contributed by atoms with Crippen LogP contribution < -0.4 is 15.5 Å². The standard InChI is InChI=1S/C23H27FN8/c1-15-4-2-3-7-32-21(15)17(9-28-32)20-18(24)10-27-22(30-20)29-19-6-5-16(8-26-19)31-13-23(14-31)11-25-12-23/h5-6,8-10,15,25H,2-4,7,11-14H2,1H3,(H,26,27,29,30)/t15-/m0/s1. The third-order valence-electron chi connectivity index (χ3n) is 7.01. The molecule has 3 aromatic rings. The van der Waals surface area contributed by atoms with Gasteiger partial charge in [0.05, 0.1) is 30.0 Å². The monoisotopic (exact) mass is 434 g/mol. The SMILES string of the molecule is C[C@H]1CCCCn2ncc(-c3nc(Nc4ccc(N5CC6(CNC6)C5)cn4)ncc3F)c21. The van der Waals surface area contributed by atoms with Crippen molar-refractivity contribution in [3.63, 3.8) is 0 Å². The second-order valence-electron chi connectivity index (χ2n) is 9.44. The van der Waals surface area contributed by atoms with Gasteiger partial charge in [0.15, 0.2) is 5.82 Å². The number of aryl methyl sites for hydroxylation is 1. The summed E-state index contributed by atoms with van der Waals surface area (Å²) < 4.78 is 16.7. The summed E-state index contributed by atoms with van der Waals surface area (Å²) in [4.78, 5) is 15.5. The highest BCUT2D eigenvalue weighted by Crippen LogP contribution is 2.37. The van der Waals surface area contributed by atoms with E-state index < -0.39 is 5.82 Å². The van der Waals surface area contributed by atoms with Gasteiger partial charge in [-0.2, -0.15) is 5.10 Å². The van der Waals surface area contributed by atoms with Crippen molar-refractivity contribution in [2.45, 2.75) is 38.6 Å². The summed E-state index contributed by atoms with van der Waals surface area (Å²) in [5, 5.41) is 11.0. The average molecular weight is 435 g/mol. The third kappa shape index (κ3) is 3.31. The number of rotatable bonds is 4. The number of hydrogen-bond donors (Lipinski definition) is 2. The van der Waals surface area contributed by atoms with Crippen LogP contribution in [-0.4, -0.2) is 50.9 Å². The smallest absolute Gasteiger partial charge is 0.229 e. The minimum atomic E-state index is -0.441. The fraction of sp³-hybridized carbons (Fsp3) is 0.478. The van der Waals surface area contributed by atoms with Crippen LogP contribution in [0.4, 0.5) is 21.8 Å². The molecular formula is C23H27FN8. The summed E-state index contributed by atoms with van der Waals surface area (Å²) in [6.45, 7) is 7.41. The third-order valence-corrected chi connectivity index (χ3v) is 7.01. The number of nitrogens with one attached hydrogen (secondary N) is 2. The molecule has 9 heteroatoms. The molecule has 0 unspecified atom stereocenters. The summed E-state index contributed by atoms with van der Waals surface area (Å²) in [7, 11) is 0. The van der Waals surface area contributed by atoms with E-state index in [9.17, 15) is 4.39 Å². The minimum Gasteiger partial charge on any atom is -0.369 e. The van der Waals surface area contributed by atoms with Gasteiger partial charge in [0.25, 0.3) is 0 Å². The van der Waals surface area contributed by atoms with E-state index in [2.05, 4.69) is 48.6 Å². The van der Waals surface area contributed by atoms with E-state index in [0.29, 0.717) is 23.1 Å². The molecule has 1 atom stereocenters. The summed E-state index contributed by atoms with van der Waals surface area (Å²) >= 11 is 0. The highest BCUT2D eigenvalue weighted by Gasteiger charge is 2.47. The summed E-state index contributed by atoms with van der Waals surface area (Å²) in [6.07, 6.45) is 8.13. The van der Waals surface area contributed by atoms with E-state index in [-0.39, 0.29) is 5.69 Å². The van der Waals surface area contributed by atoms with Gasteiger partial charge in [-0.3, -0.25) is 4.68 Å². The van der Waals surface area contributed by atoms with Gasteiger partial charge >= 0.3 is 0 Å². The van der Waals surface area contributed by atoms with Crippen molar-refractivity contribution in [1.29, 1.82) is 0 Å². The van der Waals surface area contributed by atoms with Gasteiger partial charge in [-0.05, 0) is 30.9 Å². The number of pyridine rings is 1. The molecule has 0 aromatic carbocycles. The molecule has 0 amide bonds. The number of anilines is 3. The first-order chi connectivity index (χ1) is 15.6. The Morgan fingerprint density at radius 1 is 1.12 bits per heavy atom. The normalized spacial score (nSPS) is 21.4. The zero-order valence-electron chi connectivity index (χ0n) is 18.2. The molecule has 166 valence electrons. The number of hydrogen-bond acceptors (Lipinski definition) is 7. The van der Waals surface area contributed by atoms with Crippen LogP contribution in [0.5, 0.6) is 0 Å². The quantitative estimate of drug-likeness (QED) is 0.652. The molecule has 3 aromatic heterocycles. The lowest BCUT2D eigenvalue weighted by Crippen LogP contribution is -2.71. The summed E-state index contributed by atoms with van der Waals surface area (Å²) in [6, 6.07) is 3.97. The highest BCUT2D eigenvalue weighted by atomic mass is 19.1. The Kier molecular flexibility index (Phi) is 4.60. The molecule has 0 aliphatic carbocycles. The predicted octanol–water partition coefficient (Wildman–Crippen LogP) is 3.31. The van der Waals surface area contributed by atoms with Crippen LogP contribution in [-0.2, 0) is 6.54 Å². The van der Waals surface area contributed by atoms with E-state index in [4.69, 9.17) is 0 Å². The maximum Gasteiger partial charge on any atom is 0.229 e. The zero-order valence-corrected chi connectivity index (χ0v) is 18.2. The Balaban J connectivity index is 1.22. The molecule has 32 heavy (non-hydrogen) atoms. The maximum atomic E-state index is 14.7. The van der Waals surface area contributed by atoms with Crippen molar-refractivity contribution in [3.05, 3.63) is 42.2 Å². The van der Waals surface area contributed by atoms with Crippen molar-refractivity contribution >= 4 is 17.5 Å². The summed E-state index contributed by atoms with van der Waals surface area (Å²) in [5.74, 6) is 0.829. The molecule has 0 radical (unpaired) electrons. The van der Waals surface area contributed by atoms with Gasteiger partial charge in [-0.15, -0.1) is 0 Å². The van der Waals surface area contributed by atoms with E-state index in [0.717, 1.165) is 68.9 Å². The van der Waals surface area contributed by atoms with Crippen LogP contribution in [0, 0.1) is 11.2 Å². The Labute approximate surface area is 186 Å². The lowest BCUT2D eigenvalue weighted by Gasteiger charge is -2.57. The van der Waals surface area contributed by atoms with E-state index in [1.165, 1.54) is 6.20 Å². The second-order valence-corrected chi connectivity index (χ2v) is 9.44. The number of aromatic nitrogens is 5. The van der Waals surface area contributed by atoms with Crippen molar-refractivity contribution in [3.8, 4) is 11.3 Å². The van der Waals surface area contributed by atoms with E-state index >= 15 is 0 Å². The summed E-state index contributed by atoms with van der Waals surface area (Å²) in [5.41, 5.74) is 3.68. The van der Waals surface area contributed by atoms with Crippen LogP contribution in [0.15, 0.2) is 30.7 Å². The molecule has 0 bridgehead atoms. The Hall–Kier alpha value is -3.07. The number of nitrogens with zero attached hydrogens (tertiary/aromatic N) is 6. The predicted molar refractivity (Wildman–Crippen MR) is 121 cm³/mol. The molecule has 0 saturated carbocycles. The molecule has 8 nitrogen and oxygen atoms in total. The molecule has 3 aliphatic rings. The van der Waals surface area contributed by atoms with Crippen molar-refractivity contribution < 1.29 is 4.39 Å². The molecule has 1 spiro atoms. The van der Waals surface area contributed by atoms with Crippen LogP contribution >= 0.6 is 0 Å². The Morgan fingerprint density at radius 2 is 2.00 bits per heavy atom. The van der Waals surface area contributed by atoms with Gasteiger partial charge in [-0.25, -0.2) is 19.3 Å². The van der Waals surface area contributed by atoms with Crippen LogP contribution in [0.2, 0.25) is 0 Å². The molecule has 2 N–H and O–H groups in total. The minimum absolute atomic E-state index is 0.286. The van der Waals surface area contributed by atoms with Crippen molar-refractivity contribution in [1.82, 2.24) is 30.0 Å². The molecule has 2 fully saturated rings. The average Bonchev–Trinajstić information content (AvgIpc) is 3.06. The van der Waals surface area contributed by atoms with Gasteiger partial charge in [0.1, 0.15) is 11.5 Å². The topological polar surface area (TPSA) is 83.8 Å². The first-order valence-corrected chi connectivity index (χ1v) is 11.4. The van der Waals surface area contributed by atoms with Crippen LogP contribution in [0.25, 0.3) is 11.3 Å². The Morgan fingerprint density at radius 3 is 2.75 bits per heavy atom. The molecular weight excluding hydrogens is 407 g/mol. The first kappa shape index (κ1) is 19.6. The molecule has 2 saturated heterocycles. The van der Waals surface area contributed by atoms with Gasteiger partial charge in [-0.1, -0.05) is 13.3 Å². The van der Waals surface area contributed by atoms with Gasteiger partial charge < -0.3 is 15.5 Å².